The lowest BCUT2D eigenvalue weighted by Gasteiger charge is -2.11. The molecule has 0 aliphatic heterocycles. The van der Waals surface area contributed by atoms with Crippen molar-refractivity contribution in [3.63, 3.8) is 0 Å². The van der Waals surface area contributed by atoms with Crippen molar-refractivity contribution in [3.8, 4) is 0 Å². The van der Waals surface area contributed by atoms with Crippen molar-refractivity contribution in [2.45, 2.75) is 22.0 Å². The molecule has 1 heterocycles. The van der Waals surface area contributed by atoms with Crippen LogP contribution >= 0.6 is 23.3 Å². The van der Waals surface area contributed by atoms with E-state index in [1.165, 1.54) is 35.7 Å². The summed E-state index contributed by atoms with van der Waals surface area (Å²) in [5.41, 5.74) is 5.24. The maximum Gasteiger partial charge on any atom is 0.416 e. The van der Waals surface area contributed by atoms with E-state index in [2.05, 4.69) is 9.36 Å². The standard InChI is InChI=1S/C10H8F3N3S2/c11-10(12,13)7-1-2-8(6(3-7)4-14)17-9-15-5-16-18-9/h1-3,5H,4,14H2. The topological polar surface area (TPSA) is 51.8 Å². The molecule has 2 N–H and O–H groups in total. The van der Waals surface area contributed by atoms with Gasteiger partial charge in [0.15, 0.2) is 4.34 Å². The molecule has 96 valence electrons. The first-order valence-electron chi connectivity index (χ1n) is 4.85. The van der Waals surface area contributed by atoms with Crippen LogP contribution in [0.5, 0.6) is 0 Å². The molecule has 1 aromatic heterocycles. The molecule has 18 heavy (non-hydrogen) atoms. The molecule has 0 fully saturated rings. The van der Waals surface area contributed by atoms with E-state index < -0.39 is 11.7 Å². The molecule has 0 spiro atoms. The van der Waals surface area contributed by atoms with Crippen LogP contribution in [0, 0.1) is 0 Å². The summed E-state index contributed by atoms with van der Waals surface area (Å²) in [5.74, 6) is 0. The number of halogens is 3. The minimum Gasteiger partial charge on any atom is -0.326 e. The first kappa shape index (κ1) is 13.3. The predicted molar refractivity (Wildman–Crippen MR) is 63.4 cm³/mol. The Hall–Kier alpha value is -1.12. The minimum absolute atomic E-state index is 0.0467. The number of rotatable bonds is 3. The van der Waals surface area contributed by atoms with Crippen molar-refractivity contribution in [3.05, 3.63) is 35.7 Å². The van der Waals surface area contributed by atoms with Crippen LogP contribution in [0.15, 0.2) is 33.8 Å². The molecule has 2 aromatic rings. The van der Waals surface area contributed by atoms with Gasteiger partial charge in [0.2, 0.25) is 0 Å². The highest BCUT2D eigenvalue weighted by molar-refractivity contribution is 8.01. The van der Waals surface area contributed by atoms with Crippen LogP contribution in [-0.2, 0) is 12.7 Å². The van der Waals surface area contributed by atoms with Gasteiger partial charge in [0.05, 0.1) is 5.56 Å². The monoisotopic (exact) mass is 291 g/mol. The number of alkyl halides is 3. The molecular formula is C10H8F3N3S2. The molecule has 0 aliphatic rings. The fourth-order valence-corrected chi connectivity index (χ4v) is 2.84. The summed E-state index contributed by atoms with van der Waals surface area (Å²) in [5, 5.41) is 0. The summed E-state index contributed by atoms with van der Waals surface area (Å²) >= 11 is 2.45. The van der Waals surface area contributed by atoms with Gasteiger partial charge in [0.25, 0.3) is 0 Å². The number of aromatic nitrogens is 2. The molecule has 0 bridgehead atoms. The van der Waals surface area contributed by atoms with Gasteiger partial charge in [-0.1, -0.05) is 11.8 Å². The third-order valence-electron chi connectivity index (χ3n) is 2.15. The van der Waals surface area contributed by atoms with Gasteiger partial charge in [-0.05, 0) is 35.3 Å². The zero-order valence-electron chi connectivity index (χ0n) is 8.94. The zero-order chi connectivity index (χ0) is 13.2. The maximum absolute atomic E-state index is 12.5. The van der Waals surface area contributed by atoms with Gasteiger partial charge in [-0.2, -0.15) is 17.5 Å². The predicted octanol–water partition coefficient (Wildman–Crippen LogP) is 3.17. The lowest BCUT2D eigenvalue weighted by molar-refractivity contribution is -0.137. The summed E-state index contributed by atoms with van der Waals surface area (Å²) in [4.78, 5) is 4.63. The highest BCUT2D eigenvalue weighted by atomic mass is 32.2. The molecule has 0 amide bonds. The number of hydrogen-bond acceptors (Lipinski definition) is 5. The molecule has 1 aromatic carbocycles. The molecular weight excluding hydrogens is 283 g/mol. The van der Waals surface area contributed by atoms with Gasteiger partial charge in [0.1, 0.15) is 6.33 Å². The van der Waals surface area contributed by atoms with E-state index >= 15 is 0 Å². The van der Waals surface area contributed by atoms with Crippen molar-refractivity contribution in [2.24, 2.45) is 5.73 Å². The van der Waals surface area contributed by atoms with Crippen LogP contribution in [0.3, 0.4) is 0 Å². The van der Waals surface area contributed by atoms with Crippen LogP contribution in [0.4, 0.5) is 13.2 Å². The fraction of sp³-hybridized carbons (Fsp3) is 0.200. The highest BCUT2D eigenvalue weighted by Crippen LogP contribution is 2.35. The minimum atomic E-state index is -4.35. The van der Waals surface area contributed by atoms with Gasteiger partial charge in [-0.15, -0.1) is 0 Å². The van der Waals surface area contributed by atoms with Crippen molar-refractivity contribution in [1.29, 1.82) is 0 Å². The van der Waals surface area contributed by atoms with Gasteiger partial charge >= 0.3 is 6.18 Å². The smallest absolute Gasteiger partial charge is 0.326 e. The third kappa shape index (κ3) is 3.01. The molecule has 0 unspecified atom stereocenters. The highest BCUT2D eigenvalue weighted by Gasteiger charge is 2.30. The van der Waals surface area contributed by atoms with Crippen molar-refractivity contribution < 1.29 is 13.2 Å². The van der Waals surface area contributed by atoms with Crippen LogP contribution in [-0.4, -0.2) is 9.36 Å². The lowest BCUT2D eigenvalue weighted by Crippen LogP contribution is -2.07. The van der Waals surface area contributed by atoms with Gasteiger partial charge < -0.3 is 5.73 Å². The second-order valence-corrected chi connectivity index (χ2v) is 5.40. The third-order valence-corrected chi connectivity index (χ3v) is 3.98. The maximum atomic E-state index is 12.5. The molecule has 2 rings (SSSR count). The summed E-state index contributed by atoms with van der Waals surface area (Å²) in [6, 6.07) is 3.53. The Balaban J connectivity index is 2.32. The molecule has 0 saturated carbocycles. The Kier molecular flexibility index (Phi) is 3.88. The average Bonchev–Trinajstić information content (AvgIpc) is 2.81. The SMILES string of the molecule is NCc1cc(C(F)(F)F)ccc1Sc1ncns1. The van der Waals surface area contributed by atoms with Crippen LogP contribution in [0.1, 0.15) is 11.1 Å². The van der Waals surface area contributed by atoms with E-state index in [0.717, 1.165) is 12.1 Å². The molecule has 0 saturated heterocycles. The average molecular weight is 291 g/mol. The van der Waals surface area contributed by atoms with E-state index in [4.69, 9.17) is 5.73 Å². The van der Waals surface area contributed by atoms with Crippen LogP contribution < -0.4 is 5.73 Å². The van der Waals surface area contributed by atoms with E-state index in [1.807, 2.05) is 0 Å². The van der Waals surface area contributed by atoms with Crippen LogP contribution in [0.25, 0.3) is 0 Å². The van der Waals surface area contributed by atoms with Crippen molar-refractivity contribution in [2.75, 3.05) is 0 Å². The molecule has 0 atom stereocenters. The van der Waals surface area contributed by atoms with Crippen molar-refractivity contribution in [1.82, 2.24) is 9.36 Å². The summed E-state index contributed by atoms with van der Waals surface area (Å²) in [6.45, 7) is 0.0467. The summed E-state index contributed by atoms with van der Waals surface area (Å²) in [6.07, 6.45) is -2.95. The summed E-state index contributed by atoms with van der Waals surface area (Å²) in [7, 11) is 0. The van der Waals surface area contributed by atoms with Gasteiger partial charge in [0, 0.05) is 11.4 Å². The number of hydrogen-bond donors (Lipinski definition) is 1. The van der Waals surface area contributed by atoms with Crippen LogP contribution in [0.2, 0.25) is 0 Å². The second-order valence-electron chi connectivity index (χ2n) is 3.33. The normalized spacial score (nSPS) is 11.8. The Morgan fingerprint density at radius 3 is 2.67 bits per heavy atom. The summed E-state index contributed by atoms with van der Waals surface area (Å²) < 4.78 is 42.1. The number of nitrogens with two attached hydrogens (primary N) is 1. The second kappa shape index (κ2) is 5.25. The Labute approximate surface area is 109 Å². The number of nitrogens with zero attached hydrogens (tertiary/aromatic N) is 2. The van der Waals surface area contributed by atoms with Gasteiger partial charge in [-0.3, -0.25) is 0 Å². The quantitative estimate of drug-likeness (QED) is 0.943. The molecule has 3 nitrogen and oxygen atoms in total. The van der Waals surface area contributed by atoms with E-state index in [0.29, 0.717) is 14.8 Å². The van der Waals surface area contributed by atoms with E-state index in [-0.39, 0.29) is 6.54 Å². The Morgan fingerprint density at radius 1 is 1.33 bits per heavy atom. The first-order chi connectivity index (χ1) is 8.50. The number of benzene rings is 1. The molecule has 0 aliphatic carbocycles. The Bertz CT molecular complexity index is 526. The van der Waals surface area contributed by atoms with E-state index in [1.54, 1.807) is 0 Å². The van der Waals surface area contributed by atoms with Crippen molar-refractivity contribution >= 4 is 23.3 Å². The molecule has 8 heteroatoms. The zero-order valence-corrected chi connectivity index (χ0v) is 10.6. The lowest BCUT2D eigenvalue weighted by atomic mass is 10.1. The van der Waals surface area contributed by atoms with Gasteiger partial charge in [-0.25, -0.2) is 4.98 Å². The first-order valence-corrected chi connectivity index (χ1v) is 6.44. The fourth-order valence-electron chi connectivity index (χ4n) is 1.32. The molecule has 0 radical (unpaired) electrons. The van der Waals surface area contributed by atoms with E-state index in [9.17, 15) is 13.2 Å². The Morgan fingerprint density at radius 2 is 2.11 bits per heavy atom. The largest absolute Gasteiger partial charge is 0.416 e.